The molecule has 0 heterocycles. The number of hydrogen-bond donors (Lipinski definition) is 1. The Morgan fingerprint density at radius 1 is 1.33 bits per heavy atom. The van der Waals surface area contributed by atoms with Gasteiger partial charge in [-0.1, -0.05) is 11.6 Å². The summed E-state index contributed by atoms with van der Waals surface area (Å²) < 4.78 is 38.9. The number of nitrogens with zero attached hydrogens (tertiary/aromatic N) is 2. The fourth-order valence-corrected chi connectivity index (χ4v) is 3.43. The number of likely N-dealkylation sites (N-methyl/N-ethyl adjacent to an activating group) is 1. The lowest BCUT2D eigenvalue weighted by molar-refractivity contribution is -0.137. The van der Waals surface area contributed by atoms with Crippen LogP contribution in [0.5, 0.6) is 0 Å². The summed E-state index contributed by atoms with van der Waals surface area (Å²) in [5.41, 5.74) is 0. The van der Waals surface area contributed by atoms with Crippen LogP contribution in [0.3, 0.4) is 0 Å². The minimum Gasteiger partial charge on any atom is -0.480 e. The maximum absolute atomic E-state index is 13.3. The Morgan fingerprint density at radius 2 is 1.95 bits per heavy atom. The second kappa shape index (κ2) is 7.17. The molecule has 9 heteroatoms. The first-order valence-corrected chi connectivity index (χ1v) is 7.78. The number of benzene rings is 1. The van der Waals surface area contributed by atoms with Gasteiger partial charge in [0.25, 0.3) is 0 Å². The van der Waals surface area contributed by atoms with Crippen molar-refractivity contribution in [2.45, 2.75) is 4.90 Å². The first-order valence-electron chi connectivity index (χ1n) is 5.96. The van der Waals surface area contributed by atoms with E-state index in [1.54, 1.807) is 19.0 Å². The highest BCUT2D eigenvalue weighted by Crippen LogP contribution is 2.25. The van der Waals surface area contributed by atoms with Gasteiger partial charge in [-0.05, 0) is 32.3 Å². The van der Waals surface area contributed by atoms with Crippen molar-refractivity contribution in [2.75, 3.05) is 33.7 Å². The average molecular weight is 339 g/mol. The predicted molar refractivity (Wildman–Crippen MR) is 76.4 cm³/mol. The molecule has 0 fully saturated rings. The Kier molecular flexibility index (Phi) is 6.09. The number of aliphatic carboxylic acids is 1. The quantitative estimate of drug-likeness (QED) is 0.806. The summed E-state index contributed by atoms with van der Waals surface area (Å²) in [6, 6.07) is 2.93. The topological polar surface area (TPSA) is 77.9 Å². The third kappa shape index (κ3) is 4.92. The second-order valence-corrected chi connectivity index (χ2v) is 6.92. The number of carbonyl (C=O) groups is 1. The van der Waals surface area contributed by atoms with Crippen LogP contribution in [-0.4, -0.2) is 62.4 Å². The molecule has 0 bridgehead atoms. The minimum absolute atomic E-state index is 0.0471. The third-order valence-electron chi connectivity index (χ3n) is 2.62. The fourth-order valence-electron chi connectivity index (χ4n) is 1.56. The van der Waals surface area contributed by atoms with Crippen molar-refractivity contribution >= 4 is 27.6 Å². The molecule has 118 valence electrons. The van der Waals surface area contributed by atoms with Crippen LogP contribution in [0.25, 0.3) is 0 Å². The minimum atomic E-state index is -4.19. The van der Waals surface area contributed by atoms with Gasteiger partial charge in [0, 0.05) is 13.1 Å². The highest BCUT2D eigenvalue weighted by Gasteiger charge is 2.28. The number of carboxylic acids is 1. The van der Waals surface area contributed by atoms with Gasteiger partial charge in [-0.3, -0.25) is 4.79 Å². The highest BCUT2D eigenvalue weighted by molar-refractivity contribution is 7.89. The van der Waals surface area contributed by atoms with E-state index >= 15 is 0 Å². The molecule has 1 N–H and O–H groups in total. The van der Waals surface area contributed by atoms with E-state index in [1.165, 1.54) is 0 Å². The van der Waals surface area contributed by atoms with Crippen LogP contribution < -0.4 is 0 Å². The maximum Gasteiger partial charge on any atom is 0.318 e. The number of carboxylic acid groups (broad SMARTS) is 1. The van der Waals surface area contributed by atoms with E-state index in [2.05, 4.69) is 0 Å². The van der Waals surface area contributed by atoms with Crippen LogP contribution in [0.15, 0.2) is 23.1 Å². The van der Waals surface area contributed by atoms with E-state index in [1.807, 2.05) is 0 Å². The van der Waals surface area contributed by atoms with Gasteiger partial charge in [-0.15, -0.1) is 0 Å². The second-order valence-electron chi connectivity index (χ2n) is 4.61. The smallest absolute Gasteiger partial charge is 0.318 e. The Labute approximate surface area is 127 Å². The van der Waals surface area contributed by atoms with Crippen molar-refractivity contribution in [2.24, 2.45) is 0 Å². The van der Waals surface area contributed by atoms with E-state index < -0.39 is 33.3 Å². The Bertz CT molecular complexity index is 622. The van der Waals surface area contributed by atoms with Gasteiger partial charge in [-0.2, -0.15) is 4.31 Å². The molecule has 0 aliphatic carbocycles. The molecular weight excluding hydrogens is 323 g/mol. The Morgan fingerprint density at radius 3 is 2.48 bits per heavy atom. The summed E-state index contributed by atoms with van der Waals surface area (Å²) in [7, 11) is -0.745. The van der Waals surface area contributed by atoms with Gasteiger partial charge in [-0.25, -0.2) is 12.8 Å². The molecule has 0 aliphatic rings. The van der Waals surface area contributed by atoms with E-state index in [0.29, 0.717) is 6.54 Å². The van der Waals surface area contributed by atoms with Gasteiger partial charge in [0.05, 0.1) is 5.02 Å². The van der Waals surface area contributed by atoms with Gasteiger partial charge in [0.1, 0.15) is 17.3 Å². The van der Waals surface area contributed by atoms with Crippen molar-refractivity contribution < 1.29 is 22.7 Å². The van der Waals surface area contributed by atoms with Crippen molar-refractivity contribution in [3.05, 3.63) is 29.0 Å². The largest absolute Gasteiger partial charge is 0.480 e. The van der Waals surface area contributed by atoms with E-state index in [0.717, 1.165) is 22.5 Å². The predicted octanol–water partition coefficient (Wildman–Crippen LogP) is 1.12. The molecule has 0 saturated carbocycles. The van der Waals surface area contributed by atoms with E-state index in [4.69, 9.17) is 16.7 Å². The van der Waals surface area contributed by atoms with Crippen LogP contribution in [0.4, 0.5) is 4.39 Å². The SMILES string of the molecule is CN(C)CCN(CC(=O)O)S(=O)(=O)c1cc(F)ccc1Cl. The van der Waals surface area contributed by atoms with Crippen LogP contribution >= 0.6 is 11.6 Å². The number of hydrogen-bond acceptors (Lipinski definition) is 4. The molecule has 21 heavy (non-hydrogen) atoms. The number of sulfonamides is 1. The highest BCUT2D eigenvalue weighted by atomic mass is 35.5. The first-order chi connectivity index (χ1) is 9.64. The summed E-state index contributed by atoms with van der Waals surface area (Å²) >= 11 is 5.79. The van der Waals surface area contributed by atoms with Crippen LogP contribution in [-0.2, 0) is 14.8 Å². The third-order valence-corrected chi connectivity index (χ3v) is 4.95. The molecule has 0 amide bonds. The molecule has 0 atom stereocenters. The molecule has 0 spiro atoms. The lowest BCUT2D eigenvalue weighted by Crippen LogP contribution is -2.40. The fraction of sp³-hybridized carbons (Fsp3) is 0.417. The zero-order chi connectivity index (χ0) is 16.2. The first kappa shape index (κ1) is 17.8. The Balaban J connectivity index is 3.19. The van der Waals surface area contributed by atoms with Gasteiger partial charge in [0.15, 0.2) is 0 Å². The summed E-state index contributed by atoms with van der Waals surface area (Å²) in [5.74, 6) is -2.06. The molecule has 0 unspecified atom stereocenters. The van der Waals surface area contributed by atoms with Gasteiger partial charge < -0.3 is 10.0 Å². The van der Waals surface area contributed by atoms with Crippen molar-refractivity contribution in [1.82, 2.24) is 9.21 Å². The summed E-state index contributed by atoms with van der Waals surface area (Å²) in [6.45, 7) is -0.447. The maximum atomic E-state index is 13.3. The molecule has 0 aromatic heterocycles. The summed E-state index contributed by atoms with van der Waals surface area (Å²) in [5, 5.41) is 8.70. The molecule has 0 radical (unpaired) electrons. The molecule has 1 rings (SSSR count). The molecule has 0 aliphatic heterocycles. The van der Waals surface area contributed by atoms with Crippen molar-refractivity contribution in [3.8, 4) is 0 Å². The normalized spacial score (nSPS) is 12.1. The molecule has 1 aromatic carbocycles. The number of halogens is 2. The van der Waals surface area contributed by atoms with Crippen LogP contribution in [0.2, 0.25) is 5.02 Å². The van der Waals surface area contributed by atoms with E-state index in [9.17, 15) is 17.6 Å². The van der Waals surface area contributed by atoms with Crippen molar-refractivity contribution in [3.63, 3.8) is 0 Å². The molecule has 6 nitrogen and oxygen atoms in total. The lowest BCUT2D eigenvalue weighted by atomic mass is 10.3. The molecule has 0 saturated heterocycles. The van der Waals surface area contributed by atoms with Crippen molar-refractivity contribution in [1.29, 1.82) is 0 Å². The summed E-state index contributed by atoms with van der Waals surface area (Å²) in [6.07, 6.45) is 0. The molecule has 1 aromatic rings. The average Bonchev–Trinajstić information content (AvgIpc) is 2.36. The monoisotopic (exact) mass is 338 g/mol. The standard InChI is InChI=1S/C12H16ClFN2O4S/c1-15(2)5-6-16(8-12(17)18)21(19,20)11-7-9(14)3-4-10(11)13/h3-4,7H,5-6,8H2,1-2H3,(H,17,18). The zero-order valence-corrected chi connectivity index (χ0v) is 13.2. The number of rotatable bonds is 7. The van der Waals surface area contributed by atoms with Gasteiger partial charge >= 0.3 is 5.97 Å². The van der Waals surface area contributed by atoms with Gasteiger partial charge in [0.2, 0.25) is 10.0 Å². The zero-order valence-electron chi connectivity index (χ0n) is 11.6. The van der Waals surface area contributed by atoms with Crippen LogP contribution in [0.1, 0.15) is 0 Å². The lowest BCUT2D eigenvalue weighted by Gasteiger charge is -2.22. The summed E-state index contributed by atoms with van der Waals surface area (Å²) in [4.78, 5) is 12.1. The Hall–Kier alpha value is -1.22. The molecular formula is C12H16ClFN2O4S. The van der Waals surface area contributed by atoms with Crippen LogP contribution in [0, 0.1) is 5.82 Å². The van der Waals surface area contributed by atoms with E-state index in [-0.39, 0.29) is 11.6 Å².